The molecule has 5 heteroatoms. The fraction of sp³-hybridized carbons (Fsp3) is 0.0588. The maximum absolute atomic E-state index is 12.8. The lowest BCUT2D eigenvalue weighted by atomic mass is 10.2. The number of fused-ring (bicyclic) bond motifs is 3. The normalized spacial score (nSPS) is 11.3. The predicted molar refractivity (Wildman–Crippen MR) is 91.9 cm³/mol. The first-order chi connectivity index (χ1) is 10.7. The molecule has 108 valence electrons. The highest BCUT2D eigenvalue weighted by Crippen LogP contribution is 2.29. The Balaban J connectivity index is 1.93. The maximum atomic E-state index is 12.8. The molecule has 0 aliphatic rings. The Kier molecular flexibility index (Phi) is 3.21. The van der Waals surface area contributed by atoms with Crippen LogP contribution in [0.5, 0.6) is 0 Å². The molecule has 2 aromatic heterocycles. The van der Waals surface area contributed by atoms with E-state index in [9.17, 15) is 4.79 Å². The van der Waals surface area contributed by atoms with Crippen LogP contribution in [-0.2, 0) is 6.54 Å². The van der Waals surface area contributed by atoms with Gasteiger partial charge in [0.2, 0.25) is 0 Å². The van der Waals surface area contributed by atoms with Gasteiger partial charge in [-0.05, 0) is 17.7 Å². The standard InChI is InChI=1S/C17H11ClN2OS/c18-13-7-3-1-5-11(13)9-20-10-19-16-15(17(20)21)12-6-2-4-8-14(12)22-16/h1-8,10H,9H2. The van der Waals surface area contributed by atoms with Crippen LogP contribution in [0.4, 0.5) is 0 Å². The molecule has 0 aliphatic heterocycles. The van der Waals surface area contributed by atoms with Gasteiger partial charge in [-0.25, -0.2) is 4.98 Å². The molecule has 0 spiro atoms. The van der Waals surface area contributed by atoms with E-state index in [1.54, 1.807) is 22.2 Å². The van der Waals surface area contributed by atoms with Gasteiger partial charge in [0.15, 0.2) is 0 Å². The van der Waals surface area contributed by atoms with Gasteiger partial charge in [-0.1, -0.05) is 48.0 Å². The minimum atomic E-state index is -0.0256. The largest absolute Gasteiger partial charge is 0.294 e. The van der Waals surface area contributed by atoms with Crippen molar-refractivity contribution < 1.29 is 0 Å². The van der Waals surface area contributed by atoms with Crippen molar-refractivity contribution in [3.05, 3.63) is 75.8 Å². The van der Waals surface area contributed by atoms with E-state index in [2.05, 4.69) is 4.98 Å². The third-order valence-corrected chi connectivity index (χ3v) is 5.11. The molecule has 0 saturated carbocycles. The molecule has 3 nitrogen and oxygen atoms in total. The monoisotopic (exact) mass is 326 g/mol. The molecular weight excluding hydrogens is 316 g/mol. The third-order valence-electron chi connectivity index (χ3n) is 3.66. The summed E-state index contributed by atoms with van der Waals surface area (Å²) in [7, 11) is 0. The summed E-state index contributed by atoms with van der Waals surface area (Å²) in [4.78, 5) is 18.0. The van der Waals surface area contributed by atoms with Crippen LogP contribution in [0.2, 0.25) is 5.02 Å². The van der Waals surface area contributed by atoms with Crippen molar-refractivity contribution in [2.45, 2.75) is 6.54 Å². The average Bonchev–Trinajstić information content (AvgIpc) is 2.91. The van der Waals surface area contributed by atoms with E-state index >= 15 is 0 Å². The molecule has 0 bridgehead atoms. The molecule has 4 aromatic rings. The van der Waals surface area contributed by atoms with E-state index in [-0.39, 0.29) is 5.56 Å². The third kappa shape index (κ3) is 2.12. The summed E-state index contributed by atoms with van der Waals surface area (Å²) in [5, 5.41) is 2.31. The van der Waals surface area contributed by atoms with Crippen LogP contribution >= 0.6 is 22.9 Å². The number of aromatic nitrogens is 2. The zero-order valence-electron chi connectivity index (χ0n) is 11.5. The van der Waals surface area contributed by atoms with Crippen LogP contribution in [-0.4, -0.2) is 9.55 Å². The quantitative estimate of drug-likeness (QED) is 0.550. The molecule has 0 N–H and O–H groups in total. The minimum absolute atomic E-state index is 0.0256. The van der Waals surface area contributed by atoms with Crippen molar-refractivity contribution in [3.63, 3.8) is 0 Å². The lowest BCUT2D eigenvalue weighted by molar-refractivity contribution is 0.750. The summed E-state index contributed by atoms with van der Waals surface area (Å²) in [6.45, 7) is 0.422. The van der Waals surface area contributed by atoms with Crippen LogP contribution in [0, 0.1) is 0 Å². The Morgan fingerprint density at radius 1 is 1.09 bits per heavy atom. The fourth-order valence-electron chi connectivity index (χ4n) is 2.57. The van der Waals surface area contributed by atoms with E-state index in [0.717, 1.165) is 20.5 Å². The van der Waals surface area contributed by atoms with Crippen molar-refractivity contribution in [2.75, 3.05) is 0 Å². The minimum Gasteiger partial charge on any atom is -0.294 e. The SMILES string of the molecule is O=c1c2c(ncn1Cc1ccccc1Cl)sc1ccccc12. The number of hydrogen-bond donors (Lipinski definition) is 0. The summed E-state index contributed by atoms with van der Waals surface area (Å²) in [6.07, 6.45) is 1.60. The number of hydrogen-bond acceptors (Lipinski definition) is 3. The Hall–Kier alpha value is -2.17. The van der Waals surface area contributed by atoms with Crippen molar-refractivity contribution in [2.24, 2.45) is 0 Å². The molecule has 4 rings (SSSR count). The van der Waals surface area contributed by atoms with Crippen molar-refractivity contribution in [3.8, 4) is 0 Å². The van der Waals surface area contributed by atoms with Crippen LogP contribution < -0.4 is 5.56 Å². The molecule has 0 fully saturated rings. The Bertz CT molecular complexity index is 1050. The summed E-state index contributed by atoms with van der Waals surface area (Å²) in [5.74, 6) is 0. The van der Waals surface area contributed by atoms with E-state index in [4.69, 9.17) is 11.6 Å². The first kappa shape index (κ1) is 13.5. The molecular formula is C17H11ClN2OS. The number of nitrogens with zero attached hydrogens (tertiary/aromatic N) is 2. The second kappa shape index (κ2) is 5.23. The molecule has 0 radical (unpaired) electrons. The number of benzene rings is 2. The summed E-state index contributed by atoms with van der Waals surface area (Å²) < 4.78 is 2.69. The summed E-state index contributed by atoms with van der Waals surface area (Å²) in [5.41, 5.74) is 0.884. The maximum Gasteiger partial charge on any atom is 0.263 e. The lowest BCUT2D eigenvalue weighted by Gasteiger charge is -2.07. The highest BCUT2D eigenvalue weighted by atomic mass is 35.5. The topological polar surface area (TPSA) is 34.9 Å². The van der Waals surface area contributed by atoms with E-state index in [1.807, 2.05) is 48.5 Å². The zero-order chi connectivity index (χ0) is 15.1. The van der Waals surface area contributed by atoms with E-state index < -0.39 is 0 Å². The molecule has 0 atom stereocenters. The van der Waals surface area contributed by atoms with Gasteiger partial charge in [-0.2, -0.15) is 0 Å². The fourth-order valence-corrected chi connectivity index (χ4v) is 3.80. The molecule has 2 heterocycles. The number of thiophene rings is 1. The van der Waals surface area contributed by atoms with Gasteiger partial charge in [-0.15, -0.1) is 11.3 Å². The van der Waals surface area contributed by atoms with Gasteiger partial charge >= 0.3 is 0 Å². The molecule has 22 heavy (non-hydrogen) atoms. The second-order valence-electron chi connectivity index (χ2n) is 5.05. The summed E-state index contributed by atoms with van der Waals surface area (Å²) >= 11 is 7.73. The number of halogens is 1. The second-order valence-corrected chi connectivity index (χ2v) is 6.49. The van der Waals surface area contributed by atoms with E-state index in [1.165, 1.54) is 0 Å². The van der Waals surface area contributed by atoms with E-state index in [0.29, 0.717) is 17.0 Å². The van der Waals surface area contributed by atoms with Gasteiger partial charge in [0, 0.05) is 15.1 Å². The summed E-state index contributed by atoms with van der Waals surface area (Å²) in [6, 6.07) is 15.4. The zero-order valence-corrected chi connectivity index (χ0v) is 13.1. The molecule has 0 aliphatic carbocycles. The first-order valence-corrected chi connectivity index (χ1v) is 8.03. The first-order valence-electron chi connectivity index (χ1n) is 6.84. The van der Waals surface area contributed by atoms with Gasteiger partial charge in [0.1, 0.15) is 4.83 Å². The smallest absolute Gasteiger partial charge is 0.263 e. The van der Waals surface area contributed by atoms with Crippen molar-refractivity contribution in [1.29, 1.82) is 0 Å². The van der Waals surface area contributed by atoms with Gasteiger partial charge in [0.05, 0.1) is 18.3 Å². The highest BCUT2D eigenvalue weighted by molar-refractivity contribution is 7.25. The Morgan fingerprint density at radius 3 is 2.73 bits per heavy atom. The molecule has 0 amide bonds. The highest BCUT2D eigenvalue weighted by Gasteiger charge is 2.12. The van der Waals surface area contributed by atoms with Crippen molar-refractivity contribution in [1.82, 2.24) is 9.55 Å². The Morgan fingerprint density at radius 2 is 1.86 bits per heavy atom. The number of rotatable bonds is 2. The van der Waals surface area contributed by atoms with Crippen LogP contribution in [0.1, 0.15) is 5.56 Å². The van der Waals surface area contributed by atoms with Gasteiger partial charge < -0.3 is 0 Å². The molecule has 2 aromatic carbocycles. The van der Waals surface area contributed by atoms with Gasteiger partial charge in [-0.3, -0.25) is 9.36 Å². The molecule has 0 unspecified atom stereocenters. The van der Waals surface area contributed by atoms with Crippen molar-refractivity contribution >= 4 is 43.2 Å². The van der Waals surface area contributed by atoms with Gasteiger partial charge in [0.25, 0.3) is 5.56 Å². The average molecular weight is 327 g/mol. The lowest BCUT2D eigenvalue weighted by Crippen LogP contribution is -2.20. The molecule has 0 saturated heterocycles. The predicted octanol–water partition coefficient (Wildman–Crippen LogP) is 4.31. The van der Waals surface area contributed by atoms with Crippen LogP contribution in [0.25, 0.3) is 20.3 Å². The van der Waals surface area contributed by atoms with Crippen LogP contribution in [0.15, 0.2) is 59.7 Å². The Labute approximate surface area is 135 Å². The van der Waals surface area contributed by atoms with Crippen LogP contribution in [0.3, 0.4) is 0 Å².